The van der Waals surface area contributed by atoms with Crippen molar-refractivity contribution in [2.45, 2.75) is 12.7 Å². The molecule has 1 saturated heterocycles. The Morgan fingerprint density at radius 1 is 1.10 bits per heavy atom. The van der Waals surface area contributed by atoms with Crippen molar-refractivity contribution < 1.29 is 4.39 Å². The van der Waals surface area contributed by atoms with Gasteiger partial charge in [0.1, 0.15) is 12.0 Å². The number of rotatable bonds is 3. The van der Waals surface area contributed by atoms with Gasteiger partial charge in [-0.1, -0.05) is 30.3 Å². The molecule has 1 aromatic carbocycles. The summed E-state index contributed by atoms with van der Waals surface area (Å²) in [5.41, 5.74) is 1.37. The molecule has 1 unspecified atom stereocenters. The summed E-state index contributed by atoms with van der Waals surface area (Å²) < 4.78 is 13.2. The van der Waals surface area contributed by atoms with Crippen LogP contribution in [0.15, 0.2) is 54.5 Å². The van der Waals surface area contributed by atoms with E-state index in [0.29, 0.717) is 0 Å². The smallest absolute Gasteiger partial charge is 0.138 e. The Morgan fingerprint density at radius 2 is 1.81 bits per heavy atom. The predicted molar refractivity (Wildman–Crippen MR) is 83.2 cm³/mol. The number of hydrogen-bond acceptors (Lipinski definition) is 3. The molecule has 2 aliphatic rings. The van der Waals surface area contributed by atoms with Crippen molar-refractivity contribution in [3.8, 4) is 0 Å². The normalized spacial score (nSPS) is 24.2. The largest absolute Gasteiger partial charge is 0.359 e. The lowest BCUT2D eigenvalue weighted by Gasteiger charge is -2.42. The Balaban J connectivity index is 1.53. The van der Waals surface area contributed by atoms with E-state index in [9.17, 15) is 4.39 Å². The van der Waals surface area contributed by atoms with Gasteiger partial charge in [0.2, 0.25) is 0 Å². The highest BCUT2D eigenvalue weighted by Gasteiger charge is 2.25. The van der Waals surface area contributed by atoms with Crippen LogP contribution in [0.25, 0.3) is 0 Å². The lowest BCUT2D eigenvalue weighted by molar-refractivity contribution is 0.0594. The van der Waals surface area contributed by atoms with Crippen molar-refractivity contribution in [2.75, 3.05) is 33.2 Å². The van der Waals surface area contributed by atoms with E-state index in [1.54, 1.807) is 12.3 Å². The molecule has 112 valence electrons. The third-order valence-corrected chi connectivity index (χ3v) is 4.20. The number of halogens is 1. The third kappa shape index (κ3) is 3.52. The van der Waals surface area contributed by atoms with E-state index >= 15 is 0 Å². The van der Waals surface area contributed by atoms with E-state index in [2.05, 4.69) is 40.1 Å². The minimum absolute atomic E-state index is 0.170. The maximum Gasteiger partial charge on any atom is 0.138 e. The van der Waals surface area contributed by atoms with Crippen molar-refractivity contribution in [3.05, 3.63) is 60.1 Å². The van der Waals surface area contributed by atoms with Crippen LogP contribution in [0.5, 0.6) is 0 Å². The molecule has 0 saturated carbocycles. The van der Waals surface area contributed by atoms with Crippen molar-refractivity contribution >= 4 is 0 Å². The van der Waals surface area contributed by atoms with Crippen LogP contribution in [0.3, 0.4) is 0 Å². The molecule has 1 aromatic rings. The maximum absolute atomic E-state index is 13.2. The number of allylic oxidation sites excluding steroid dienone is 2. The Hall–Kier alpha value is -1.65. The second kappa shape index (κ2) is 6.41. The van der Waals surface area contributed by atoms with Crippen LogP contribution in [0, 0.1) is 0 Å². The van der Waals surface area contributed by atoms with Crippen LogP contribution in [0.4, 0.5) is 4.39 Å². The Kier molecular flexibility index (Phi) is 4.36. The van der Waals surface area contributed by atoms with E-state index in [1.165, 1.54) is 5.56 Å². The van der Waals surface area contributed by atoms with Crippen molar-refractivity contribution in [1.82, 2.24) is 14.7 Å². The fourth-order valence-electron chi connectivity index (χ4n) is 3.03. The fraction of sp³-hybridized carbons (Fsp3) is 0.412. The van der Waals surface area contributed by atoms with Gasteiger partial charge in [-0.05, 0) is 17.7 Å². The van der Waals surface area contributed by atoms with E-state index < -0.39 is 0 Å². The number of piperazine rings is 1. The number of likely N-dealkylation sites (N-methyl/N-ethyl adjacent to an activating group) is 1. The zero-order chi connectivity index (χ0) is 14.7. The highest BCUT2D eigenvalue weighted by molar-refractivity contribution is 5.18. The second-order valence-electron chi connectivity index (χ2n) is 5.75. The topological polar surface area (TPSA) is 9.72 Å². The first-order chi connectivity index (χ1) is 10.2. The van der Waals surface area contributed by atoms with Gasteiger partial charge in [-0.3, -0.25) is 9.80 Å². The zero-order valence-corrected chi connectivity index (χ0v) is 12.5. The van der Waals surface area contributed by atoms with Gasteiger partial charge in [0, 0.05) is 46.0 Å². The monoisotopic (exact) mass is 287 g/mol. The second-order valence-corrected chi connectivity index (χ2v) is 5.75. The first-order valence-electron chi connectivity index (χ1n) is 7.50. The van der Waals surface area contributed by atoms with Gasteiger partial charge in [0.05, 0.1) is 0 Å². The lowest BCUT2D eigenvalue weighted by atomic mass is 10.2. The summed E-state index contributed by atoms with van der Waals surface area (Å²) in [4.78, 5) is 6.83. The van der Waals surface area contributed by atoms with Crippen LogP contribution in [0.1, 0.15) is 5.56 Å². The van der Waals surface area contributed by atoms with E-state index in [0.717, 1.165) is 32.7 Å². The minimum atomic E-state index is -0.170. The summed E-state index contributed by atoms with van der Waals surface area (Å²) in [6.45, 7) is 5.15. The summed E-state index contributed by atoms with van der Waals surface area (Å²) in [5, 5.41) is 0. The van der Waals surface area contributed by atoms with Gasteiger partial charge in [-0.15, -0.1) is 0 Å². The summed E-state index contributed by atoms with van der Waals surface area (Å²) in [7, 11) is 1.93. The average molecular weight is 287 g/mol. The van der Waals surface area contributed by atoms with Crippen molar-refractivity contribution in [2.24, 2.45) is 0 Å². The van der Waals surface area contributed by atoms with Crippen molar-refractivity contribution in [3.63, 3.8) is 0 Å². The first kappa shape index (κ1) is 14.3. The van der Waals surface area contributed by atoms with Crippen LogP contribution in [-0.2, 0) is 6.54 Å². The van der Waals surface area contributed by atoms with Crippen molar-refractivity contribution in [1.29, 1.82) is 0 Å². The molecule has 3 rings (SSSR count). The summed E-state index contributed by atoms with van der Waals surface area (Å²) in [6, 6.07) is 10.6. The fourth-order valence-corrected chi connectivity index (χ4v) is 3.03. The minimum Gasteiger partial charge on any atom is -0.359 e. The van der Waals surface area contributed by atoms with Gasteiger partial charge >= 0.3 is 0 Å². The van der Waals surface area contributed by atoms with E-state index in [1.807, 2.05) is 18.0 Å². The van der Waals surface area contributed by atoms with Crippen LogP contribution in [-0.4, -0.2) is 54.1 Å². The summed E-state index contributed by atoms with van der Waals surface area (Å²) in [5.74, 6) is -0.170. The lowest BCUT2D eigenvalue weighted by Crippen LogP contribution is -2.53. The molecular weight excluding hydrogens is 265 g/mol. The molecule has 0 bridgehead atoms. The Morgan fingerprint density at radius 3 is 2.48 bits per heavy atom. The quantitative estimate of drug-likeness (QED) is 0.845. The van der Waals surface area contributed by atoms with E-state index in [-0.39, 0.29) is 12.0 Å². The molecule has 0 aliphatic carbocycles. The molecule has 2 aliphatic heterocycles. The summed E-state index contributed by atoms with van der Waals surface area (Å²) >= 11 is 0. The molecule has 21 heavy (non-hydrogen) atoms. The van der Waals surface area contributed by atoms with Gasteiger partial charge in [-0.2, -0.15) is 0 Å². The van der Waals surface area contributed by atoms with Gasteiger partial charge in [0.25, 0.3) is 0 Å². The SMILES string of the molecule is CN1C=C(F)C=CC1N1CCN(Cc2ccccc2)CC1. The van der Waals surface area contributed by atoms with Crippen LogP contribution < -0.4 is 0 Å². The molecule has 4 heteroatoms. The average Bonchev–Trinajstić information content (AvgIpc) is 2.49. The Bertz CT molecular complexity index is 518. The molecule has 3 nitrogen and oxygen atoms in total. The number of benzene rings is 1. The van der Waals surface area contributed by atoms with Gasteiger partial charge < -0.3 is 4.90 Å². The molecule has 0 aromatic heterocycles. The molecular formula is C17H22FN3. The molecule has 0 N–H and O–H groups in total. The predicted octanol–water partition coefficient (Wildman–Crippen LogP) is 2.44. The molecule has 0 amide bonds. The first-order valence-corrected chi connectivity index (χ1v) is 7.50. The standard InChI is InChI=1S/C17H22FN3/c1-19-14-16(18)7-8-17(19)21-11-9-20(10-12-21)13-15-5-3-2-4-6-15/h2-8,14,17H,9-13H2,1H3. The van der Waals surface area contributed by atoms with Gasteiger partial charge in [0.15, 0.2) is 0 Å². The molecule has 1 atom stereocenters. The maximum atomic E-state index is 13.2. The number of nitrogens with zero attached hydrogens (tertiary/aromatic N) is 3. The van der Waals surface area contributed by atoms with Crippen LogP contribution >= 0.6 is 0 Å². The molecule has 2 heterocycles. The Labute approximate surface area is 125 Å². The molecule has 0 radical (unpaired) electrons. The highest BCUT2D eigenvalue weighted by atomic mass is 19.1. The van der Waals surface area contributed by atoms with Gasteiger partial charge in [-0.25, -0.2) is 4.39 Å². The number of hydrogen-bond donors (Lipinski definition) is 0. The third-order valence-electron chi connectivity index (χ3n) is 4.20. The molecule has 0 spiro atoms. The molecule has 1 fully saturated rings. The van der Waals surface area contributed by atoms with E-state index in [4.69, 9.17) is 0 Å². The zero-order valence-electron chi connectivity index (χ0n) is 12.5. The van der Waals surface area contributed by atoms with Crippen LogP contribution in [0.2, 0.25) is 0 Å². The summed E-state index contributed by atoms with van der Waals surface area (Å²) in [6.07, 6.45) is 5.27. The highest BCUT2D eigenvalue weighted by Crippen LogP contribution is 2.18.